The first kappa shape index (κ1) is 20.6. The van der Waals surface area contributed by atoms with Crippen LogP contribution in [-0.2, 0) is 10.0 Å². The van der Waals surface area contributed by atoms with Gasteiger partial charge in [0, 0.05) is 18.7 Å². The molecule has 6 heteroatoms. The lowest BCUT2D eigenvalue weighted by Crippen LogP contribution is -2.26. The largest absolute Gasteiger partial charge is 0.352 e. The normalized spacial score (nSPS) is 14.7. The van der Waals surface area contributed by atoms with Crippen LogP contribution in [0.25, 0.3) is 0 Å². The molecule has 26 heavy (non-hydrogen) atoms. The molecular formula is C20H30N2O3S. The van der Waals surface area contributed by atoms with Crippen LogP contribution >= 0.6 is 0 Å². The van der Waals surface area contributed by atoms with Gasteiger partial charge in [-0.25, -0.2) is 13.1 Å². The first-order chi connectivity index (χ1) is 12.5. The fourth-order valence-electron chi connectivity index (χ4n) is 3.02. The van der Waals surface area contributed by atoms with Gasteiger partial charge < -0.3 is 5.32 Å². The van der Waals surface area contributed by atoms with Crippen molar-refractivity contribution in [1.82, 2.24) is 10.0 Å². The highest BCUT2D eigenvalue weighted by atomic mass is 32.2. The summed E-state index contributed by atoms with van der Waals surface area (Å²) in [6.45, 7) is 3.13. The number of nitrogens with one attached hydrogen (secondary N) is 2. The van der Waals surface area contributed by atoms with Gasteiger partial charge in [0.1, 0.15) is 0 Å². The van der Waals surface area contributed by atoms with Gasteiger partial charge >= 0.3 is 0 Å². The van der Waals surface area contributed by atoms with Gasteiger partial charge in [0.05, 0.1) is 4.90 Å². The molecule has 2 N–H and O–H groups in total. The van der Waals surface area contributed by atoms with Crippen molar-refractivity contribution < 1.29 is 13.2 Å². The van der Waals surface area contributed by atoms with Crippen molar-refractivity contribution in [3.05, 3.63) is 41.5 Å². The van der Waals surface area contributed by atoms with Gasteiger partial charge in [0.15, 0.2) is 0 Å². The van der Waals surface area contributed by atoms with E-state index in [1.165, 1.54) is 30.5 Å². The summed E-state index contributed by atoms with van der Waals surface area (Å²) < 4.78 is 27.0. The van der Waals surface area contributed by atoms with Crippen LogP contribution in [0.5, 0.6) is 0 Å². The fraction of sp³-hybridized carbons (Fsp3) is 0.550. The Morgan fingerprint density at radius 3 is 2.50 bits per heavy atom. The molecule has 5 nitrogen and oxygen atoms in total. The van der Waals surface area contributed by atoms with E-state index in [0.717, 1.165) is 38.5 Å². The molecule has 0 heterocycles. The Balaban J connectivity index is 1.83. The average Bonchev–Trinajstić information content (AvgIpc) is 2.66. The third-order valence-corrected chi connectivity index (χ3v) is 6.09. The number of amides is 1. The third kappa shape index (κ3) is 6.57. The van der Waals surface area contributed by atoms with Gasteiger partial charge in [0.25, 0.3) is 5.91 Å². The number of unbranched alkanes of at least 4 members (excludes halogenated alkanes) is 2. The number of sulfonamides is 1. The predicted octanol–water partition coefficient (Wildman–Crippen LogP) is 3.78. The summed E-state index contributed by atoms with van der Waals surface area (Å²) in [5.41, 5.74) is 1.90. The molecule has 0 fully saturated rings. The number of rotatable bonds is 10. The Labute approximate surface area is 157 Å². The van der Waals surface area contributed by atoms with E-state index in [2.05, 4.69) is 23.0 Å². The zero-order valence-electron chi connectivity index (χ0n) is 15.6. The van der Waals surface area contributed by atoms with Crippen molar-refractivity contribution in [3.8, 4) is 0 Å². The smallest absolute Gasteiger partial charge is 0.251 e. The van der Waals surface area contributed by atoms with Crippen LogP contribution in [0.4, 0.5) is 0 Å². The molecule has 1 aliphatic carbocycles. The average molecular weight is 379 g/mol. The lowest BCUT2D eigenvalue weighted by molar-refractivity contribution is 0.0954. The fourth-order valence-corrected chi connectivity index (χ4v) is 4.09. The summed E-state index contributed by atoms with van der Waals surface area (Å²) >= 11 is 0. The topological polar surface area (TPSA) is 75.3 Å². The maximum atomic E-state index is 12.2. The molecule has 1 aromatic carbocycles. The number of carbonyl (C=O) groups is 1. The Morgan fingerprint density at radius 1 is 1.08 bits per heavy atom. The van der Waals surface area contributed by atoms with E-state index in [1.54, 1.807) is 12.1 Å². The quantitative estimate of drug-likeness (QED) is 0.481. The van der Waals surface area contributed by atoms with Crippen LogP contribution in [0, 0.1) is 0 Å². The monoisotopic (exact) mass is 378 g/mol. The molecular weight excluding hydrogens is 348 g/mol. The van der Waals surface area contributed by atoms with Crippen LogP contribution in [0.15, 0.2) is 40.8 Å². The Morgan fingerprint density at radius 2 is 1.85 bits per heavy atom. The second kappa shape index (κ2) is 10.5. The summed E-state index contributed by atoms with van der Waals surface area (Å²) in [6, 6.07) is 6.10. The van der Waals surface area contributed by atoms with Gasteiger partial charge in [-0.2, -0.15) is 0 Å². The molecule has 144 valence electrons. The molecule has 0 unspecified atom stereocenters. The van der Waals surface area contributed by atoms with Crippen molar-refractivity contribution in [1.29, 1.82) is 0 Å². The third-order valence-electron chi connectivity index (χ3n) is 4.62. The van der Waals surface area contributed by atoms with Crippen LogP contribution in [0.3, 0.4) is 0 Å². The summed E-state index contributed by atoms with van der Waals surface area (Å²) in [4.78, 5) is 12.4. The van der Waals surface area contributed by atoms with Crippen LogP contribution in [-0.4, -0.2) is 27.4 Å². The van der Waals surface area contributed by atoms with Crippen LogP contribution in [0.1, 0.15) is 68.6 Å². The SMILES string of the molecule is CCCCCNS(=O)(=O)c1ccc(C(=O)NCCC2=CCCCC2)cc1. The minimum Gasteiger partial charge on any atom is -0.352 e. The molecule has 0 spiro atoms. The van der Waals surface area contributed by atoms with Gasteiger partial charge in [-0.1, -0.05) is 31.4 Å². The number of allylic oxidation sites excluding steroid dienone is 1. The summed E-state index contributed by atoms with van der Waals surface area (Å²) in [5, 5.41) is 2.91. The van der Waals surface area contributed by atoms with Crippen molar-refractivity contribution >= 4 is 15.9 Å². The molecule has 1 aromatic rings. The minimum absolute atomic E-state index is 0.165. The van der Waals surface area contributed by atoms with E-state index in [1.807, 2.05) is 0 Å². The molecule has 0 bridgehead atoms. The summed E-state index contributed by atoms with van der Waals surface area (Å²) in [6.07, 6.45) is 10.8. The first-order valence-corrected chi connectivity index (χ1v) is 11.1. The van der Waals surface area contributed by atoms with Crippen LogP contribution in [0.2, 0.25) is 0 Å². The van der Waals surface area contributed by atoms with Crippen molar-refractivity contribution in [2.75, 3.05) is 13.1 Å². The zero-order chi connectivity index (χ0) is 18.8. The lowest BCUT2D eigenvalue weighted by atomic mass is 9.97. The minimum atomic E-state index is -3.50. The standard InChI is InChI=1S/C20H30N2O3S/c1-2-3-7-15-22-26(24,25)19-12-10-18(11-13-19)20(23)21-16-14-17-8-5-4-6-9-17/h8,10-13,22H,2-7,9,14-16H2,1H3,(H,21,23). The first-order valence-electron chi connectivity index (χ1n) is 9.59. The zero-order valence-corrected chi connectivity index (χ0v) is 16.4. The number of hydrogen-bond donors (Lipinski definition) is 2. The van der Waals surface area contributed by atoms with E-state index < -0.39 is 10.0 Å². The van der Waals surface area contributed by atoms with Crippen LogP contribution < -0.4 is 10.0 Å². The molecule has 1 aliphatic rings. The molecule has 0 aromatic heterocycles. The maximum Gasteiger partial charge on any atom is 0.251 e. The van der Waals surface area contributed by atoms with E-state index >= 15 is 0 Å². The van der Waals surface area contributed by atoms with Gasteiger partial charge in [-0.05, 0) is 62.8 Å². The maximum absolute atomic E-state index is 12.2. The Hall–Kier alpha value is -1.66. The van der Waals surface area contributed by atoms with Crippen molar-refractivity contribution in [2.45, 2.75) is 63.2 Å². The van der Waals surface area contributed by atoms with Crippen molar-refractivity contribution in [2.24, 2.45) is 0 Å². The summed E-state index contributed by atoms with van der Waals surface area (Å²) in [7, 11) is -3.50. The molecule has 0 saturated carbocycles. The predicted molar refractivity (Wildman–Crippen MR) is 105 cm³/mol. The number of carbonyl (C=O) groups excluding carboxylic acids is 1. The van der Waals surface area contributed by atoms with E-state index in [9.17, 15) is 13.2 Å². The van der Waals surface area contributed by atoms with E-state index in [-0.39, 0.29) is 10.8 Å². The van der Waals surface area contributed by atoms with Gasteiger partial charge in [-0.15, -0.1) is 0 Å². The molecule has 0 atom stereocenters. The summed E-state index contributed by atoms with van der Waals surface area (Å²) in [5.74, 6) is -0.165. The molecule has 1 amide bonds. The van der Waals surface area contributed by atoms with E-state index in [4.69, 9.17) is 0 Å². The number of benzene rings is 1. The molecule has 2 rings (SSSR count). The molecule has 0 aliphatic heterocycles. The highest BCUT2D eigenvalue weighted by Gasteiger charge is 2.14. The molecule has 0 saturated heterocycles. The van der Waals surface area contributed by atoms with E-state index in [0.29, 0.717) is 18.7 Å². The van der Waals surface area contributed by atoms with Gasteiger partial charge in [0.2, 0.25) is 10.0 Å². The van der Waals surface area contributed by atoms with Gasteiger partial charge in [-0.3, -0.25) is 4.79 Å². The Bertz CT molecular complexity index is 709. The molecule has 0 radical (unpaired) electrons. The highest BCUT2D eigenvalue weighted by molar-refractivity contribution is 7.89. The lowest BCUT2D eigenvalue weighted by Gasteiger charge is -2.13. The number of hydrogen-bond acceptors (Lipinski definition) is 3. The second-order valence-electron chi connectivity index (χ2n) is 6.74. The van der Waals surface area contributed by atoms with Crippen molar-refractivity contribution in [3.63, 3.8) is 0 Å². The Kier molecular flexibility index (Phi) is 8.32. The highest BCUT2D eigenvalue weighted by Crippen LogP contribution is 2.19. The second-order valence-corrected chi connectivity index (χ2v) is 8.51.